The molecular weight excluding hydrogens is 326 g/mol. The Morgan fingerprint density at radius 2 is 2.08 bits per heavy atom. The Balaban J connectivity index is 1.68. The molecule has 0 unspecified atom stereocenters. The lowest BCUT2D eigenvalue weighted by Gasteiger charge is -2.10. The summed E-state index contributed by atoms with van der Waals surface area (Å²) in [6.45, 7) is 4.33. The van der Waals surface area contributed by atoms with Crippen molar-refractivity contribution in [2.24, 2.45) is 0 Å². The highest BCUT2D eigenvalue weighted by Crippen LogP contribution is 2.24. The minimum absolute atomic E-state index is 0.214. The molecule has 0 aliphatic heterocycles. The molecule has 7 nitrogen and oxygen atoms in total. The van der Waals surface area contributed by atoms with E-state index >= 15 is 0 Å². The number of amides is 1. The highest BCUT2D eigenvalue weighted by atomic mass is 32.1. The summed E-state index contributed by atoms with van der Waals surface area (Å²) in [6.07, 6.45) is 0. The quantitative estimate of drug-likeness (QED) is 0.747. The topological polar surface area (TPSA) is 103 Å². The first kappa shape index (κ1) is 16.1. The number of nitrogens with one attached hydrogen (secondary N) is 1. The first-order chi connectivity index (χ1) is 11.4. The average Bonchev–Trinajstić information content (AvgIpc) is 2.88. The van der Waals surface area contributed by atoms with Crippen molar-refractivity contribution in [3.8, 4) is 0 Å². The molecule has 0 aliphatic rings. The van der Waals surface area contributed by atoms with E-state index in [0.717, 1.165) is 10.4 Å². The molecule has 0 saturated heterocycles. The number of anilines is 1. The Kier molecular flexibility index (Phi) is 4.30. The van der Waals surface area contributed by atoms with Crippen LogP contribution in [0.3, 0.4) is 0 Å². The molecule has 124 valence electrons. The van der Waals surface area contributed by atoms with Gasteiger partial charge in [-0.2, -0.15) is 4.98 Å². The van der Waals surface area contributed by atoms with Gasteiger partial charge in [0.15, 0.2) is 5.13 Å². The Morgan fingerprint density at radius 1 is 1.29 bits per heavy atom. The van der Waals surface area contributed by atoms with Crippen LogP contribution in [-0.4, -0.2) is 27.0 Å². The van der Waals surface area contributed by atoms with Crippen LogP contribution in [-0.2, 0) is 6.54 Å². The van der Waals surface area contributed by atoms with E-state index in [4.69, 9.17) is 5.73 Å². The first-order valence-corrected chi connectivity index (χ1v) is 8.25. The molecule has 3 rings (SSSR count). The number of hydrogen-bond donors (Lipinski definition) is 2. The van der Waals surface area contributed by atoms with Crippen LogP contribution in [0.25, 0.3) is 10.2 Å². The predicted octanol–water partition coefficient (Wildman–Crippen LogP) is 1.48. The third-order valence-corrected chi connectivity index (χ3v) is 4.50. The van der Waals surface area contributed by atoms with E-state index in [-0.39, 0.29) is 11.6 Å². The second kappa shape index (κ2) is 6.40. The molecule has 1 amide bonds. The molecule has 3 N–H and O–H groups in total. The van der Waals surface area contributed by atoms with Crippen LogP contribution in [0.5, 0.6) is 0 Å². The van der Waals surface area contributed by atoms with Gasteiger partial charge in [-0.3, -0.25) is 9.36 Å². The van der Waals surface area contributed by atoms with Crippen LogP contribution >= 0.6 is 11.3 Å². The smallest absolute Gasteiger partial charge is 0.348 e. The Morgan fingerprint density at radius 3 is 2.83 bits per heavy atom. The van der Waals surface area contributed by atoms with E-state index in [0.29, 0.717) is 35.0 Å². The van der Waals surface area contributed by atoms with Crippen molar-refractivity contribution >= 4 is 32.6 Å². The van der Waals surface area contributed by atoms with Crippen molar-refractivity contribution in [1.29, 1.82) is 0 Å². The molecule has 2 aromatic heterocycles. The molecular formula is C16H17N5O2S. The summed E-state index contributed by atoms with van der Waals surface area (Å²) < 4.78 is 2.48. The maximum atomic E-state index is 12.2. The van der Waals surface area contributed by atoms with Gasteiger partial charge in [0.1, 0.15) is 0 Å². The van der Waals surface area contributed by atoms with Gasteiger partial charge in [-0.1, -0.05) is 11.3 Å². The first-order valence-electron chi connectivity index (χ1n) is 7.43. The number of carbonyl (C=O) groups is 1. The highest BCUT2D eigenvalue weighted by molar-refractivity contribution is 7.22. The van der Waals surface area contributed by atoms with Crippen molar-refractivity contribution in [2.75, 3.05) is 12.3 Å². The van der Waals surface area contributed by atoms with E-state index in [9.17, 15) is 9.59 Å². The second-order valence-electron chi connectivity index (χ2n) is 5.46. The van der Waals surface area contributed by atoms with Gasteiger partial charge in [-0.05, 0) is 38.1 Å². The summed E-state index contributed by atoms with van der Waals surface area (Å²) in [4.78, 5) is 32.2. The number of nitrogen functional groups attached to an aromatic ring is 1. The highest BCUT2D eigenvalue weighted by Gasteiger charge is 2.09. The second-order valence-corrected chi connectivity index (χ2v) is 6.53. The number of thiazole rings is 1. The average molecular weight is 343 g/mol. The molecule has 24 heavy (non-hydrogen) atoms. The van der Waals surface area contributed by atoms with Crippen molar-refractivity contribution in [3.05, 3.63) is 51.7 Å². The summed E-state index contributed by atoms with van der Waals surface area (Å²) >= 11 is 1.38. The number of carbonyl (C=O) groups excluding carboxylic acids is 1. The molecule has 0 fully saturated rings. The van der Waals surface area contributed by atoms with Crippen LogP contribution in [0.2, 0.25) is 0 Å². The lowest BCUT2D eigenvalue weighted by Crippen LogP contribution is -2.33. The van der Waals surface area contributed by atoms with E-state index < -0.39 is 0 Å². The molecule has 0 radical (unpaired) electrons. The number of hydrogen-bond acceptors (Lipinski definition) is 6. The van der Waals surface area contributed by atoms with Gasteiger partial charge >= 0.3 is 5.69 Å². The third-order valence-electron chi connectivity index (χ3n) is 3.63. The molecule has 8 heteroatoms. The lowest BCUT2D eigenvalue weighted by atomic mass is 10.2. The van der Waals surface area contributed by atoms with Crippen molar-refractivity contribution in [2.45, 2.75) is 20.4 Å². The number of aromatic nitrogens is 3. The van der Waals surface area contributed by atoms with Crippen molar-refractivity contribution < 1.29 is 4.79 Å². The van der Waals surface area contributed by atoms with Crippen LogP contribution in [0.1, 0.15) is 21.7 Å². The molecule has 1 aromatic carbocycles. The summed E-state index contributed by atoms with van der Waals surface area (Å²) in [6, 6.07) is 7.11. The summed E-state index contributed by atoms with van der Waals surface area (Å²) in [5.41, 5.74) is 8.09. The normalized spacial score (nSPS) is 10.9. The number of rotatable bonds is 4. The number of nitrogens with two attached hydrogens (primary N) is 1. The molecule has 0 atom stereocenters. The van der Waals surface area contributed by atoms with Gasteiger partial charge in [0.05, 0.1) is 10.2 Å². The Hall–Kier alpha value is -2.74. The van der Waals surface area contributed by atoms with Crippen LogP contribution in [0, 0.1) is 13.8 Å². The molecule has 0 bridgehead atoms. The van der Waals surface area contributed by atoms with Gasteiger partial charge in [0.25, 0.3) is 5.91 Å². The zero-order chi connectivity index (χ0) is 17.3. The van der Waals surface area contributed by atoms with Gasteiger partial charge in [-0.15, -0.1) is 0 Å². The fraction of sp³-hybridized carbons (Fsp3) is 0.250. The van der Waals surface area contributed by atoms with Gasteiger partial charge in [0, 0.05) is 30.0 Å². The van der Waals surface area contributed by atoms with Crippen molar-refractivity contribution in [1.82, 2.24) is 19.9 Å². The molecule has 3 aromatic rings. The minimum atomic E-state index is -0.305. The largest absolute Gasteiger partial charge is 0.375 e. The SMILES string of the molecule is Cc1cc(C)n(CCNC(=O)c2ccc3sc(N)nc3c2)c(=O)n1. The maximum absolute atomic E-state index is 12.2. The molecule has 2 heterocycles. The Bertz CT molecular complexity index is 976. The fourth-order valence-electron chi connectivity index (χ4n) is 2.52. The number of fused-ring (bicyclic) bond motifs is 1. The maximum Gasteiger partial charge on any atom is 0.348 e. The third kappa shape index (κ3) is 3.28. The molecule has 0 spiro atoms. The van der Waals surface area contributed by atoms with Crippen LogP contribution in [0.15, 0.2) is 29.1 Å². The Labute approximate surface area is 142 Å². The van der Waals surface area contributed by atoms with E-state index in [1.165, 1.54) is 15.9 Å². The lowest BCUT2D eigenvalue weighted by molar-refractivity contribution is 0.0952. The fourth-order valence-corrected chi connectivity index (χ4v) is 3.23. The standard InChI is InChI=1S/C16H17N5O2S/c1-9-7-10(2)21(16(23)19-9)6-5-18-14(22)11-3-4-13-12(8-11)20-15(17)24-13/h3-4,7-8H,5-6H2,1-2H3,(H2,17,20)(H,18,22). The zero-order valence-electron chi connectivity index (χ0n) is 13.4. The van der Waals surface area contributed by atoms with Gasteiger partial charge in [-0.25, -0.2) is 9.78 Å². The van der Waals surface area contributed by atoms with Gasteiger partial charge < -0.3 is 11.1 Å². The minimum Gasteiger partial charge on any atom is -0.375 e. The van der Waals surface area contributed by atoms with Crippen LogP contribution < -0.4 is 16.7 Å². The number of aryl methyl sites for hydroxylation is 2. The summed E-state index contributed by atoms with van der Waals surface area (Å²) in [7, 11) is 0. The van der Waals surface area contributed by atoms with Crippen molar-refractivity contribution in [3.63, 3.8) is 0 Å². The molecule has 0 saturated carbocycles. The molecule has 0 aliphatic carbocycles. The number of nitrogens with zero attached hydrogens (tertiary/aromatic N) is 3. The summed E-state index contributed by atoms with van der Waals surface area (Å²) in [5.74, 6) is -0.214. The van der Waals surface area contributed by atoms with Crippen LogP contribution in [0.4, 0.5) is 5.13 Å². The number of benzene rings is 1. The predicted molar refractivity (Wildman–Crippen MR) is 94.3 cm³/mol. The van der Waals surface area contributed by atoms with E-state index in [1.807, 2.05) is 19.1 Å². The monoisotopic (exact) mass is 343 g/mol. The van der Waals surface area contributed by atoms with Gasteiger partial charge in [0.2, 0.25) is 0 Å². The van der Waals surface area contributed by atoms with E-state index in [2.05, 4.69) is 15.3 Å². The summed E-state index contributed by atoms with van der Waals surface area (Å²) in [5, 5.41) is 3.28. The zero-order valence-corrected chi connectivity index (χ0v) is 14.2. The van der Waals surface area contributed by atoms with E-state index in [1.54, 1.807) is 19.1 Å².